The molecule has 0 saturated carbocycles. The van der Waals surface area contributed by atoms with Gasteiger partial charge in [-0.15, -0.1) is 0 Å². The van der Waals surface area contributed by atoms with Crippen LogP contribution in [0.5, 0.6) is 0 Å². The molecule has 0 saturated heterocycles. The Kier molecular flexibility index (Phi) is 7.50. The molecule has 0 fully saturated rings. The zero-order valence-electron chi connectivity index (χ0n) is 13.0. The van der Waals surface area contributed by atoms with Crippen molar-refractivity contribution in [1.29, 1.82) is 0 Å². The first-order valence-electron chi connectivity index (χ1n) is 7.06. The fourth-order valence-corrected chi connectivity index (χ4v) is 1.99. The van der Waals surface area contributed by atoms with Crippen molar-refractivity contribution in [3.8, 4) is 0 Å². The lowest BCUT2D eigenvalue weighted by atomic mass is 10.2. The zero-order chi connectivity index (χ0) is 17.4. The highest BCUT2D eigenvalue weighted by Gasteiger charge is 2.22. The highest BCUT2D eigenvalue weighted by Crippen LogP contribution is 2.13. The first-order chi connectivity index (χ1) is 10.8. The molecule has 8 heteroatoms. The Morgan fingerprint density at radius 2 is 1.87 bits per heavy atom. The quantitative estimate of drug-likeness (QED) is 0.659. The summed E-state index contributed by atoms with van der Waals surface area (Å²) in [6.07, 6.45) is 0. The van der Waals surface area contributed by atoms with E-state index in [0.29, 0.717) is 10.7 Å². The van der Waals surface area contributed by atoms with E-state index in [2.05, 4.69) is 10.6 Å². The van der Waals surface area contributed by atoms with Crippen molar-refractivity contribution in [2.75, 3.05) is 25.0 Å². The topological polar surface area (TPSA) is 98.7 Å². The number of aliphatic carboxylic acids is 1. The number of anilines is 1. The molecule has 1 unspecified atom stereocenters. The van der Waals surface area contributed by atoms with Crippen LogP contribution in [0.15, 0.2) is 24.3 Å². The van der Waals surface area contributed by atoms with Gasteiger partial charge in [0.05, 0.1) is 6.54 Å². The van der Waals surface area contributed by atoms with Crippen LogP contribution in [0.3, 0.4) is 0 Å². The Morgan fingerprint density at radius 3 is 2.39 bits per heavy atom. The molecule has 0 radical (unpaired) electrons. The zero-order valence-corrected chi connectivity index (χ0v) is 13.8. The number of carbonyl (C=O) groups excluding carboxylic acids is 2. The summed E-state index contributed by atoms with van der Waals surface area (Å²) in [5.74, 6) is -1.59. The highest BCUT2D eigenvalue weighted by atomic mass is 35.5. The van der Waals surface area contributed by atoms with Crippen molar-refractivity contribution in [3.63, 3.8) is 0 Å². The average molecular weight is 342 g/mol. The van der Waals surface area contributed by atoms with Gasteiger partial charge in [-0.1, -0.05) is 11.6 Å². The summed E-state index contributed by atoms with van der Waals surface area (Å²) in [4.78, 5) is 35.6. The highest BCUT2D eigenvalue weighted by molar-refractivity contribution is 6.30. The van der Waals surface area contributed by atoms with Gasteiger partial charge in [0.1, 0.15) is 6.04 Å². The molecule has 2 amide bonds. The van der Waals surface area contributed by atoms with Crippen molar-refractivity contribution in [1.82, 2.24) is 10.2 Å². The predicted molar refractivity (Wildman–Crippen MR) is 87.4 cm³/mol. The summed E-state index contributed by atoms with van der Waals surface area (Å²) in [6.45, 7) is 3.28. The fourth-order valence-electron chi connectivity index (χ4n) is 1.86. The maximum absolute atomic E-state index is 12.1. The van der Waals surface area contributed by atoms with Gasteiger partial charge >= 0.3 is 5.97 Å². The molecule has 1 atom stereocenters. The second-order valence-corrected chi connectivity index (χ2v) is 5.46. The van der Waals surface area contributed by atoms with Gasteiger partial charge in [0, 0.05) is 30.7 Å². The van der Waals surface area contributed by atoms with E-state index in [1.165, 1.54) is 18.7 Å². The van der Waals surface area contributed by atoms with Gasteiger partial charge in [-0.3, -0.25) is 19.3 Å². The van der Waals surface area contributed by atoms with E-state index < -0.39 is 12.0 Å². The summed E-state index contributed by atoms with van der Waals surface area (Å²) in [6, 6.07) is 5.75. The molecule has 0 spiro atoms. The molecule has 0 aliphatic rings. The molecule has 7 nitrogen and oxygen atoms in total. The summed E-state index contributed by atoms with van der Waals surface area (Å²) in [5, 5.41) is 14.9. The lowest BCUT2D eigenvalue weighted by molar-refractivity contribution is -0.142. The Balaban J connectivity index is 2.63. The molecular weight excluding hydrogens is 322 g/mol. The van der Waals surface area contributed by atoms with Gasteiger partial charge in [-0.2, -0.15) is 0 Å². The van der Waals surface area contributed by atoms with Crippen LogP contribution in [0, 0.1) is 0 Å². The van der Waals surface area contributed by atoms with Crippen LogP contribution >= 0.6 is 11.6 Å². The molecule has 3 N–H and O–H groups in total. The van der Waals surface area contributed by atoms with E-state index in [-0.39, 0.29) is 31.4 Å². The van der Waals surface area contributed by atoms with Crippen LogP contribution in [0.1, 0.15) is 13.8 Å². The third-order valence-electron chi connectivity index (χ3n) is 3.15. The van der Waals surface area contributed by atoms with E-state index >= 15 is 0 Å². The van der Waals surface area contributed by atoms with Gasteiger partial charge in [-0.05, 0) is 31.2 Å². The molecular formula is C15H20ClN3O4. The second kappa shape index (κ2) is 9.12. The van der Waals surface area contributed by atoms with E-state index in [0.717, 1.165) is 0 Å². The van der Waals surface area contributed by atoms with Gasteiger partial charge in [0.25, 0.3) is 0 Å². The minimum Gasteiger partial charge on any atom is -0.480 e. The molecule has 0 aromatic heterocycles. The number of hydrogen-bond donors (Lipinski definition) is 3. The summed E-state index contributed by atoms with van der Waals surface area (Å²) in [5.41, 5.74) is 0.573. The van der Waals surface area contributed by atoms with Crippen LogP contribution < -0.4 is 10.6 Å². The smallest absolute Gasteiger partial charge is 0.320 e. The predicted octanol–water partition coefficient (Wildman–Crippen LogP) is 1.19. The van der Waals surface area contributed by atoms with E-state index in [1.54, 1.807) is 24.3 Å². The summed E-state index contributed by atoms with van der Waals surface area (Å²) in [7, 11) is 0. The van der Waals surface area contributed by atoms with Crippen LogP contribution in [0.25, 0.3) is 0 Å². The number of amides is 2. The Hall–Kier alpha value is -2.12. The van der Waals surface area contributed by atoms with E-state index in [1.807, 2.05) is 0 Å². The number of nitrogens with one attached hydrogen (secondary N) is 2. The minimum absolute atomic E-state index is 0.102. The Morgan fingerprint density at radius 1 is 1.26 bits per heavy atom. The third kappa shape index (κ3) is 7.12. The summed E-state index contributed by atoms with van der Waals surface area (Å²) >= 11 is 5.77. The molecule has 0 aliphatic heterocycles. The van der Waals surface area contributed by atoms with Gasteiger partial charge < -0.3 is 15.7 Å². The number of carbonyl (C=O) groups is 3. The van der Waals surface area contributed by atoms with Crippen LogP contribution in [-0.4, -0.2) is 53.5 Å². The standard InChI is InChI=1S/C15H20ClN3O4/c1-10(15(22)23)19(8-7-17-11(2)20)9-14(21)18-13-5-3-12(16)4-6-13/h3-6,10H,7-9H2,1-2H3,(H,17,20)(H,18,21)(H,22,23). The van der Waals surface area contributed by atoms with Gasteiger partial charge in [-0.25, -0.2) is 0 Å². The Bertz CT molecular complexity index is 562. The average Bonchev–Trinajstić information content (AvgIpc) is 2.47. The lowest BCUT2D eigenvalue weighted by Crippen LogP contribution is -2.46. The molecule has 0 heterocycles. The number of hydrogen-bond acceptors (Lipinski definition) is 4. The van der Waals surface area contributed by atoms with Crippen LogP contribution in [-0.2, 0) is 14.4 Å². The second-order valence-electron chi connectivity index (χ2n) is 5.02. The third-order valence-corrected chi connectivity index (χ3v) is 3.40. The largest absolute Gasteiger partial charge is 0.480 e. The minimum atomic E-state index is -1.04. The van der Waals surface area contributed by atoms with E-state index in [4.69, 9.17) is 16.7 Å². The molecule has 0 bridgehead atoms. The first kappa shape index (κ1) is 18.9. The molecule has 1 rings (SSSR count). The summed E-state index contributed by atoms with van der Waals surface area (Å²) < 4.78 is 0. The maximum Gasteiger partial charge on any atom is 0.320 e. The van der Waals surface area contributed by atoms with Crippen LogP contribution in [0.2, 0.25) is 5.02 Å². The maximum atomic E-state index is 12.1. The molecule has 1 aromatic carbocycles. The fraction of sp³-hybridized carbons (Fsp3) is 0.400. The van der Waals surface area contributed by atoms with Crippen molar-refractivity contribution < 1.29 is 19.5 Å². The normalized spacial score (nSPS) is 11.8. The number of nitrogens with zero attached hydrogens (tertiary/aromatic N) is 1. The molecule has 23 heavy (non-hydrogen) atoms. The lowest BCUT2D eigenvalue weighted by Gasteiger charge is -2.25. The number of rotatable bonds is 8. The van der Waals surface area contributed by atoms with Crippen molar-refractivity contribution >= 4 is 35.1 Å². The Labute approximate surface area is 139 Å². The molecule has 1 aromatic rings. The number of halogens is 1. The van der Waals surface area contributed by atoms with E-state index in [9.17, 15) is 14.4 Å². The van der Waals surface area contributed by atoms with Gasteiger partial charge in [0.15, 0.2) is 0 Å². The van der Waals surface area contributed by atoms with Crippen LogP contribution in [0.4, 0.5) is 5.69 Å². The number of carboxylic acid groups (broad SMARTS) is 1. The monoisotopic (exact) mass is 341 g/mol. The number of carboxylic acids is 1. The SMILES string of the molecule is CC(=O)NCCN(CC(=O)Nc1ccc(Cl)cc1)C(C)C(=O)O. The van der Waals surface area contributed by atoms with Gasteiger partial charge in [0.2, 0.25) is 11.8 Å². The number of benzene rings is 1. The van der Waals surface area contributed by atoms with Crippen molar-refractivity contribution in [3.05, 3.63) is 29.3 Å². The van der Waals surface area contributed by atoms with Crippen molar-refractivity contribution in [2.45, 2.75) is 19.9 Å². The molecule has 126 valence electrons. The van der Waals surface area contributed by atoms with Crippen molar-refractivity contribution in [2.24, 2.45) is 0 Å². The molecule has 0 aliphatic carbocycles. The first-order valence-corrected chi connectivity index (χ1v) is 7.44.